The number of carbonyl (C=O) groups is 2. The number of nitrogens with one attached hydrogen (secondary N) is 1. The number of nitrogens with zero attached hydrogens (tertiary/aromatic N) is 2. The molecule has 8 nitrogen and oxygen atoms in total. The van der Waals surface area contributed by atoms with Crippen molar-refractivity contribution in [1.29, 1.82) is 0 Å². The van der Waals surface area contributed by atoms with Crippen molar-refractivity contribution in [2.45, 2.75) is 19.0 Å². The van der Waals surface area contributed by atoms with Gasteiger partial charge in [-0.25, -0.2) is 0 Å². The Balaban J connectivity index is 1.58. The fourth-order valence-corrected chi connectivity index (χ4v) is 4.36. The SMILES string of the molecule is COc1ccc(CN2C(=S)N(c3ccc(OC)cc3)C(=O)[C@H]2CC(=O)Nc2ccc(OC)cc2)cc1. The summed E-state index contributed by atoms with van der Waals surface area (Å²) in [6.45, 7) is 0.363. The molecule has 36 heavy (non-hydrogen) atoms. The molecule has 1 aliphatic heterocycles. The minimum atomic E-state index is -0.764. The molecule has 1 aliphatic rings. The molecule has 3 aromatic rings. The van der Waals surface area contributed by atoms with E-state index in [0.29, 0.717) is 34.5 Å². The van der Waals surface area contributed by atoms with Crippen molar-refractivity contribution in [3.05, 3.63) is 78.4 Å². The van der Waals surface area contributed by atoms with Gasteiger partial charge in [-0.1, -0.05) is 12.1 Å². The molecule has 186 valence electrons. The molecular weight excluding hydrogens is 478 g/mol. The zero-order valence-corrected chi connectivity index (χ0v) is 21.1. The monoisotopic (exact) mass is 505 g/mol. The van der Waals surface area contributed by atoms with Crippen LogP contribution in [-0.4, -0.2) is 49.2 Å². The van der Waals surface area contributed by atoms with E-state index in [1.165, 1.54) is 4.90 Å². The highest BCUT2D eigenvalue weighted by molar-refractivity contribution is 7.80. The van der Waals surface area contributed by atoms with Crippen LogP contribution in [0, 0.1) is 0 Å². The normalized spacial score (nSPS) is 15.1. The second-order valence-electron chi connectivity index (χ2n) is 8.13. The molecular formula is C27H27N3O5S. The lowest BCUT2D eigenvalue weighted by molar-refractivity contribution is -0.124. The van der Waals surface area contributed by atoms with E-state index in [0.717, 1.165) is 11.3 Å². The van der Waals surface area contributed by atoms with Crippen LogP contribution >= 0.6 is 12.2 Å². The summed E-state index contributed by atoms with van der Waals surface area (Å²) < 4.78 is 15.6. The van der Waals surface area contributed by atoms with Crippen LogP contribution in [0.5, 0.6) is 17.2 Å². The van der Waals surface area contributed by atoms with Crippen LogP contribution in [0.25, 0.3) is 0 Å². The number of methoxy groups -OCH3 is 3. The van der Waals surface area contributed by atoms with Gasteiger partial charge in [0.15, 0.2) is 5.11 Å². The standard InChI is InChI=1S/C27H27N3O5S/c1-33-21-10-4-18(5-11-21)17-29-24(16-25(31)28-19-6-12-22(34-2)13-7-19)26(32)30(27(29)36)20-8-14-23(35-3)15-9-20/h4-15,24H,16-17H2,1-3H3,(H,28,31)/t24-/m1/s1. The fraction of sp³-hybridized carbons (Fsp3) is 0.222. The molecule has 0 saturated carbocycles. The first-order valence-corrected chi connectivity index (χ1v) is 11.7. The van der Waals surface area contributed by atoms with Gasteiger partial charge in [0.25, 0.3) is 5.91 Å². The van der Waals surface area contributed by atoms with Crippen LogP contribution in [0.15, 0.2) is 72.8 Å². The van der Waals surface area contributed by atoms with Crippen molar-refractivity contribution in [2.24, 2.45) is 0 Å². The average Bonchev–Trinajstić information content (AvgIpc) is 3.13. The Morgan fingerprint density at radius 3 is 1.86 bits per heavy atom. The molecule has 1 heterocycles. The lowest BCUT2D eigenvalue weighted by Gasteiger charge is -2.24. The Kier molecular flexibility index (Phi) is 7.70. The fourth-order valence-electron chi connectivity index (χ4n) is 3.97. The number of thiocarbonyl (C=S) groups is 1. The van der Waals surface area contributed by atoms with Crippen LogP contribution in [0.1, 0.15) is 12.0 Å². The molecule has 0 radical (unpaired) electrons. The largest absolute Gasteiger partial charge is 0.497 e. The maximum Gasteiger partial charge on any atom is 0.256 e. The average molecular weight is 506 g/mol. The Hall–Kier alpha value is -4.11. The van der Waals surface area contributed by atoms with E-state index in [9.17, 15) is 9.59 Å². The first kappa shape index (κ1) is 25.0. The third-order valence-electron chi connectivity index (χ3n) is 5.91. The van der Waals surface area contributed by atoms with E-state index in [-0.39, 0.29) is 18.2 Å². The quantitative estimate of drug-likeness (QED) is 0.436. The Bertz CT molecular complexity index is 1230. The van der Waals surface area contributed by atoms with Crippen molar-refractivity contribution in [2.75, 3.05) is 31.5 Å². The molecule has 1 fully saturated rings. The third-order valence-corrected chi connectivity index (χ3v) is 6.33. The van der Waals surface area contributed by atoms with Gasteiger partial charge in [-0.05, 0) is 78.4 Å². The topological polar surface area (TPSA) is 80.3 Å². The van der Waals surface area contributed by atoms with E-state index < -0.39 is 6.04 Å². The molecule has 3 aromatic carbocycles. The second-order valence-corrected chi connectivity index (χ2v) is 8.49. The van der Waals surface area contributed by atoms with Gasteiger partial charge in [-0.15, -0.1) is 0 Å². The van der Waals surface area contributed by atoms with Crippen LogP contribution in [-0.2, 0) is 16.1 Å². The van der Waals surface area contributed by atoms with Gasteiger partial charge >= 0.3 is 0 Å². The molecule has 4 rings (SSSR count). The predicted octanol–water partition coefficient (Wildman–Crippen LogP) is 4.24. The van der Waals surface area contributed by atoms with Gasteiger partial charge in [0.1, 0.15) is 23.3 Å². The lowest BCUT2D eigenvalue weighted by Crippen LogP contribution is -2.37. The zero-order chi connectivity index (χ0) is 25.7. The number of carbonyl (C=O) groups excluding carboxylic acids is 2. The van der Waals surface area contributed by atoms with Gasteiger partial charge in [0.05, 0.1) is 33.4 Å². The van der Waals surface area contributed by atoms with Crippen LogP contribution < -0.4 is 24.4 Å². The van der Waals surface area contributed by atoms with Gasteiger partial charge < -0.3 is 24.4 Å². The number of hydrogen-bond donors (Lipinski definition) is 1. The molecule has 9 heteroatoms. The first-order chi connectivity index (χ1) is 17.4. The molecule has 2 amide bonds. The summed E-state index contributed by atoms with van der Waals surface area (Å²) in [5.41, 5.74) is 2.16. The third kappa shape index (κ3) is 5.41. The molecule has 0 bridgehead atoms. The van der Waals surface area contributed by atoms with Crippen molar-refractivity contribution in [1.82, 2.24) is 4.90 Å². The number of benzene rings is 3. The first-order valence-electron chi connectivity index (χ1n) is 11.3. The summed E-state index contributed by atoms with van der Waals surface area (Å²) >= 11 is 5.75. The summed E-state index contributed by atoms with van der Waals surface area (Å²) in [6.07, 6.45) is -0.0617. The minimum Gasteiger partial charge on any atom is -0.497 e. The summed E-state index contributed by atoms with van der Waals surface area (Å²) in [5.74, 6) is 1.53. The Morgan fingerprint density at radius 2 is 1.33 bits per heavy atom. The lowest BCUT2D eigenvalue weighted by atomic mass is 10.1. The number of hydrogen-bond acceptors (Lipinski definition) is 6. The second kappa shape index (κ2) is 11.1. The van der Waals surface area contributed by atoms with Crippen molar-refractivity contribution in [3.8, 4) is 17.2 Å². The highest BCUT2D eigenvalue weighted by Gasteiger charge is 2.44. The molecule has 1 atom stereocenters. The Morgan fingerprint density at radius 1 is 0.833 bits per heavy atom. The number of anilines is 2. The van der Waals surface area contributed by atoms with E-state index in [4.69, 9.17) is 26.4 Å². The van der Waals surface area contributed by atoms with E-state index in [2.05, 4.69) is 5.32 Å². The molecule has 0 aliphatic carbocycles. The van der Waals surface area contributed by atoms with Gasteiger partial charge in [-0.2, -0.15) is 0 Å². The van der Waals surface area contributed by atoms with E-state index in [1.54, 1.807) is 74.8 Å². The predicted molar refractivity (Wildman–Crippen MR) is 142 cm³/mol. The molecule has 0 aromatic heterocycles. The van der Waals surface area contributed by atoms with Gasteiger partial charge in [0.2, 0.25) is 5.91 Å². The zero-order valence-electron chi connectivity index (χ0n) is 20.3. The molecule has 0 unspecified atom stereocenters. The highest BCUT2D eigenvalue weighted by atomic mass is 32.1. The van der Waals surface area contributed by atoms with Crippen molar-refractivity contribution < 1.29 is 23.8 Å². The molecule has 0 spiro atoms. The van der Waals surface area contributed by atoms with Gasteiger partial charge in [0, 0.05) is 12.2 Å². The summed E-state index contributed by atoms with van der Waals surface area (Å²) in [7, 11) is 4.76. The van der Waals surface area contributed by atoms with E-state index in [1.807, 2.05) is 24.3 Å². The van der Waals surface area contributed by atoms with Crippen LogP contribution in [0.2, 0.25) is 0 Å². The van der Waals surface area contributed by atoms with Crippen LogP contribution in [0.3, 0.4) is 0 Å². The molecule has 1 N–H and O–H groups in total. The number of amides is 2. The summed E-state index contributed by atoms with van der Waals surface area (Å²) in [5, 5.41) is 3.19. The minimum absolute atomic E-state index is 0.0617. The maximum atomic E-state index is 13.6. The maximum absolute atomic E-state index is 13.6. The van der Waals surface area contributed by atoms with E-state index >= 15 is 0 Å². The Labute approximate surface area is 215 Å². The highest BCUT2D eigenvalue weighted by Crippen LogP contribution is 2.30. The number of rotatable bonds is 9. The summed E-state index contributed by atoms with van der Waals surface area (Å²) in [4.78, 5) is 29.8. The smallest absolute Gasteiger partial charge is 0.256 e. The van der Waals surface area contributed by atoms with Gasteiger partial charge in [-0.3, -0.25) is 14.5 Å². The van der Waals surface area contributed by atoms with Crippen molar-refractivity contribution in [3.63, 3.8) is 0 Å². The number of ether oxygens (including phenoxy) is 3. The van der Waals surface area contributed by atoms with Crippen molar-refractivity contribution >= 4 is 40.5 Å². The van der Waals surface area contributed by atoms with Crippen LogP contribution in [0.4, 0.5) is 11.4 Å². The molecule has 1 saturated heterocycles. The summed E-state index contributed by atoms with van der Waals surface area (Å²) in [6, 6.07) is 20.8.